The van der Waals surface area contributed by atoms with Crippen molar-refractivity contribution in [2.24, 2.45) is 0 Å². The topological polar surface area (TPSA) is 12.0 Å². The molecular formula is C13H21N. The van der Waals surface area contributed by atoms with Crippen molar-refractivity contribution < 1.29 is 0 Å². The molecule has 0 aromatic heterocycles. The van der Waals surface area contributed by atoms with Crippen molar-refractivity contribution in [1.29, 1.82) is 0 Å². The molecule has 0 saturated carbocycles. The summed E-state index contributed by atoms with van der Waals surface area (Å²) >= 11 is 0. The predicted molar refractivity (Wildman–Crippen MR) is 62.7 cm³/mol. The van der Waals surface area contributed by atoms with E-state index >= 15 is 0 Å². The van der Waals surface area contributed by atoms with Gasteiger partial charge in [0.25, 0.3) is 0 Å². The van der Waals surface area contributed by atoms with E-state index in [1.165, 1.54) is 24.0 Å². The minimum absolute atomic E-state index is 1.08. The van der Waals surface area contributed by atoms with Crippen molar-refractivity contribution in [2.45, 2.75) is 33.1 Å². The second-order valence-electron chi connectivity index (χ2n) is 3.63. The molecule has 14 heavy (non-hydrogen) atoms. The van der Waals surface area contributed by atoms with Crippen LogP contribution in [0.25, 0.3) is 0 Å². The van der Waals surface area contributed by atoms with E-state index < -0.39 is 0 Å². The van der Waals surface area contributed by atoms with Gasteiger partial charge >= 0.3 is 0 Å². The molecule has 0 heterocycles. The molecule has 1 nitrogen and oxygen atoms in total. The Labute approximate surface area is 87.5 Å². The van der Waals surface area contributed by atoms with E-state index in [0.717, 1.165) is 19.5 Å². The first-order chi connectivity index (χ1) is 6.86. The molecule has 1 aromatic rings. The van der Waals surface area contributed by atoms with Crippen LogP contribution in [-0.4, -0.2) is 13.1 Å². The first-order valence-corrected chi connectivity index (χ1v) is 5.65. The number of hydrogen-bond acceptors (Lipinski definition) is 1. The SMILES string of the molecule is CCNCCCc1cccc(CC)c1. The summed E-state index contributed by atoms with van der Waals surface area (Å²) in [4.78, 5) is 0. The number of hydrogen-bond donors (Lipinski definition) is 1. The van der Waals surface area contributed by atoms with Crippen LogP contribution in [0.3, 0.4) is 0 Å². The van der Waals surface area contributed by atoms with Gasteiger partial charge in [-0.1, -0.05) is 38.1 Å². The number of nitrogens with one attached hydrogen (secondary N) is 1. The van der Waals surface area contributed by atoms with E-state index in [2.05, 4.69) is 43.4 Å². The molecule has 0 aliphatic heterocycles. The third-order valence-electron chi connectivity index (χ3n) is 2.47. The molecule has 0 saturated heterocycles. The van der Waals surface area contributed by atoms with Gasteiger partial charge in [-0.2, -0.15) is 0 Å². The van der Waals surface area contributed by atoms with Gasteiger partial charge in [-0.15, -0.1) is 0 Å². The zero-order chi connectivity index (χ0) is 10.2. The Balaban J connectivity index is 2.34. The lowest BCUT2D eigenvalue weighted by Crippen LogP contribution is -2.14. The lowest BCUT2D eigenvalue weighted by atomic mass is 10.1. The van der Waals surface area contributed by atoms with E-state index in [1.54, 1.807) is 0 Å². The monoisotopic (exact) mass is 191 g/mol. The largest absolute Gasteiger partial charge is 0.317 e. The van der Waals surface area contributed by atoms with Gasteiger partial charge in [0.1, 0.15) is 0 Å². The van der Waals surface area contributed by atoms with E-state index in [4.69, 9.17) is 0 Å². The fraction of sp³-hybridized carbons (Fsp3) is 0.538. The highest BCUT2D eigenvalue weighted by atomic mass is 14.8. The van der Waals surface area contributed by atoms with Crippen molar-refractivity contribution in [2.75, 3.05) is 13.1 Å². The van der Waals surface area contributed by atoms with Crippen LogP contribution in [0.2, 0.25) is 0 Å². The predicted octanol–water partition coefficient (Wildman–Crippen LogP) is 2.79. The molecule has 0 atom stereocenters. The molecule has 0 spiro atoms. The van der Waals surface area contributed by atoms with Gasteiger partial charge in [-0.3, -0.25) is 0 Å². The normalized spacial score (nSPS) is 10.4. The third kappa shape index (κ3) is 3.93. The molecule has 0 bridgehead atoms. The van der Waals surface area contributed by atoms with Crippen LogP contribution in [0.1, 0.15) is 31.4 Å². The van der Waals surface area contributed by atoms with E-state index in [1.807, 2.05) is 0 Å². The van der Waals surface area contributed by atoms with E-state index in [-0.39, 0.29) is 0 Å². The van der Waals surface area contributed by atoms with Gasteiger partial charge in [0.15, 0.2) is 0 Å². The number of rotatable bonds is 6. The Morgan fingerprint density at radius 2 is 1.93 bits per heavy atom. The molecule has 0 fully saturated rings. The molecule has 1 heteroatoms. The first-order valence-electron chi connectivity index (χ1n) is 5.65. The second kappa shape index (κ2) is 6.61. The molecule has 1 aromatic carbocycles. The zero-order valence-corrected chi connectivity index (χ0v) is 9.34. The van der Waals surface area contributed by atoms with Crippen LogP contribution in [0, 0.1) is 0 Å². The van der Waals surface area contributed by atoms with Crippen molar-refractivity contribution in [3.05, 3.63) is 35.4 Å². The van der Waals surface area contributed by atoms with Gasteiger partial charge in [0.2, 0.25) is 0 Å². The quantitative estimate of drug-likeness (QED) is 0.682. The fourth-order valence-electron chi connectivity index (χ4n) is 1.60. The maximum atomic E-state index is 3.35. The molecule has 1 N–H and O–H groups in total. The average Bonchev–Trinajstić information content (AvgIpc) is 2.25. The highest BCUT2D eigenvalue weighted by Crippen LogP contribution is 2.07. The molecular weight excluding hydrogens is 170 g/mol. The maximum absolute atomic E-state index is 3.35. The summed E-state index contributed by atoms with van der Waals surface area (Å²) in [7, 11) is 0. The van der Waals surface area contributed by atoms with Crippen LogP contribution in [-0.2, 0) is 12.8 Å². The highest BCUT2D eigenvalue weighted by Gasteiger charge is 1.94. The molecule has 0 aliphatic rings. The van der Waals surface area contributed by atoms with Crippen molar-refractivity contribution in [3.8, 4) is 0 Å². The summed E-state index contributed by atoms with van der Waals surface area (Å²) in [5.74, 6) is 0. The second-order valence-corrected chi connectivity index (χ2v) is 3.63. The molecule has 1 rings (SSSR count). The molecule has 0 unspecified atom stereocenters. The van der Waals surface area contributed by atoms with Gasteiger partial charge in [-0.05, 0) is 43.5 Å². The summed E-state index contributed by atoms with van der Waals surface area (Å²) in [6, 6.07) is 8.92. The van der Waals surface area contributed by atoms with Gasteiger partial charge in [-0.25, -0.2) is 0 Å². The molecule has 0 aliphatic carbocycles. The van der Waals surface area contributed by atoms with Gasteiger partial charge in [0.05, 0.1) is 0 Å². The summed E-state index contributed by atoms with van der Waals surface area (Å²) in [5, 5.41) is 3.35. The Morgan fingerprint density at radius 3 is 2.64 bits per heavy atom. The average molecular weight is 191 g/mol. The van der Waals surface area contributed by atoms with Crippen LogP contribution in [0.4, 0.5) is 0 Å². The van der Waals surface area contributed by atoms with Crippen molar-refractivity contribution in [3.63, 3.8) is 0 Å². The zero-order valence-electron chi connectivity index (χ0n) is 9.34. The Hall–Kier alpha value is -0.820. The summed E-state index contributed by atoms with van der Waals surface area (Å²) < 4.78 is 0. The van der Waals surface area contributed by atoms with E-state index in [9.17, 15) is 0 Å². The number of aryl methyl sites for hydroxylation is 2. The Bertz CT molecular complexity index is 255. The van der Waals surface area contributed by atoms with Crippen LogP contribution < -0.4 is 5.32 Å². The summed E-state index contributed by atoms with van der Waals surface area (Å²) in [5.41, 5.74) is 2.92. The van der Waals surface area contributed by atoms with Crippen LogP contribution in [0.5, 0.6) is 0 Å². The van der Waals surface area contributed by atoms with Crippen molar-refractivity contribution in [1.82, 2.24) is 5.32 Å². The Kier molecular flexibility index (Phi) is 5.31. The first kappa shape index (κ1) is 11.3. The third-order valence-corrected chi connectivity index (χ3v) is 2.47. The van der Waals surface area contributed by atoms with Gasteiger partial charge in [0, 0.05) is 0 Å². The summed E-state index contributed by atoms with van der Waals surface area (Å²) in [6.07, 6.45) is 3.57. The summed E-state index contributed by atoms with van der Waals surface area (Å²) in [6.45, 7) is 6.57. The lowest BCUT2D eigenvalue weighted by Gasteiger charge is -2.04. The standard InChI is InChI=1S/C13H21N/c1-3-12-7-5-8-13(11-12)9-6-10-14-4-2/h5,7-8,11,14H,3-4,6,9-10H2,1-2H3. The fourth-order valence-corrected chi connectivity index (χ4v) is 1.60. The minimum Gasteiger partial charge on any atom is -0.317 e. The highest BCUT2D eigenvalue weighted by molar-refractivity contribution is 5.23. The smallest absolute Gasteiger partial charge is 0.00459 e. The maximum Gasteiger partial charge on any atom is -0.00459 e. The van der Waals surface area contributed by atoms with Crippen LogP contribution in [0.15, 0.2) is 24.3 Å². The minimum atomic E-state index is 1.08. The van der Waals surface area contributed by atoms with E-state index in [0.29, 0.717) is 0 Å². The molecule has 0 amide bonds. The van der Waals surface area contributed by atoms with Crippen molar-refractivity contribution >= 4 is 0 Å². The van der Waals surface area contributed by atoms with Gasteiger partial charge < -0.3 is 5.32 Å². The molecule has 0 radical (unpaired) electrons. The Morgan fingerprint density at radius 1 is 1.14 bits per heavy atom. The number of benzene rings is 1. The lowest BCUT2D eigenvalue weighted by molar-refractivity contribution is 0.672. The van der Waals surface area contributed by atoms with Crippen LogP contribution >= 0.6 is 0 Å². The molecule has 78 valence electrons.